The molecule has 1 N–H and O–H groups in total. The van der Waals surface area contributed by atoms with Crippen molar-refractivity contribution < 1.29 is 4.74 Å². The number of likely N-dealkylation sites (N-methyl/N-ethyl adjacent to an activating group) is 1. The van der Waals surface area contributed by atoms with E-state index in [0.717, 1.165) is 19.6 Å². The van der Waals surface area contributed by atoms with Crippen molar-refractivity contribution in [3.05, 3.63) is 29.6 Å². The number of hydrogen-bond acceptors (Lipinski definition) is 3. The lowest BCUT2D eigenvalue weighted by molar-refractivity contribution is 0.0227. The zero-order valence-corrected chi connectivity index (χ0v) is 13.1. The standard InChI is InChI=1S/C17H28N2O/c1-4-15(20-6-3)17(18-5-2)14-11-7-9-13-10-8-12-19-16(13)14/h8,10,12,14-15,17-18H,4-7,9,11H2,1-3H3. The molecule has 1 aromatic rings. The van der Waals surface area contributed by atoms with Crippen molar-refractivity contribution >= 4 is 0 Å². The SMILES string of the molecule is CCNC(C(CC)OCC)C1CCCc2cccnc21. The first-order valence-electron chi connectivity index (χ1n) is 8.10. The Hall–Kier alpha value is -0.930. The first-order valence-corrected chi connectivity index (χ1v) is 8.10. The molecule has 2 rings (SSSR count). The van der Waals surface area contributed by atoms with E-state index >= 15 is 0 Å². The summed E-state index contributed by atoms with van der Waals surface area (Å²) in [7, 11) is 0. The van der Waals surface area contributed by atoms with Gasteiger partial charge < -0.3 is 10.1 Å². The van der Waals surface area contributed by atoms with Gasteiger partial charge in [0.1, 0.15) is 0 Å². The predicted molar refractivity (Wildman–Crippen MR) is 83.1 cm³/mol. The van der Waals surface area contributed by atoms with Gasteiger partial charge in [-0.2, -0.15) is 0 Å². The molecular weight excluding hydrogens is 248 g/mol. The second kappa shape index (κ2) is 7.75. The highest BCUT2D eigenvalue weighted by Gasteiger charge is 2.33. The van der Waals surface area contributed by atoms with Crippen LogP contribution < -0.4 is 5.32 Å². The van der Waals surface area contributed by atoms with Crippen LogP contribution in [0.15, 0.2) is 18.3 Å². The molecule has 20 heavy (non-hydrogen) atoms. The van der Waals surface area contributed by atoms with E-state index in [4.69, 9.17) is 4.74 Å². The molecule has 3 unspecified atom stereocenters. The van der Waals surface area contributed by atoms with Crippen molar-refractivity contribution in [3.63, 3.8) is 0 Å². The Morgan fingerprint density at radius 1 is 1.40 bits per heavy atom. The maximum absolute atomic E-state index is 5.98. The first-order chi connectivity index (χ1) is 9.81. The van der Waals surface area contributed by atoms with Crippen molar-refractivity contribution in [2.24, 2.45) is 0 Å². The number of ether oxygens (including phenoxy) is 1. The average molecular weight is 276 g/mol. The smallest absolute Gasteiger partial charge is 0.0731 e. The Morgan fingerprint density at radius 3 is 2.95 bits per heavy atom. The highest BCUT2D eigenvalue weighted by molar-refractivity contribution is 5.27. The van der Waals surface area contributed by atoms with E-state index in [1.54, 1.807) is 0 Å². The minimum atomic E-state index is 0.276. The molecule has 0 saturated carbocycles. The Balaban J connectivity index is 2.25. The van der Waals surface area contributed by atoms with E-state index < -0.39 is 0 Å². The largest absolute Gasteiger partial charge is 0.377 e. The summed E-state index contributed by atoms with van der Waals surface area (Å²) < 4.78 is 5.98. The molecule has 0 aromatic carbocycles. The van der Waals surface area contributed by atoms with Gasteiger partial charge in [-0.1, -0.05) is 19.9 Å². The highest BCUT2D eigenvalue weighted by Crippen LogP contribution is 2.34. The molecule has 0 radical (unpaired) electrons. The van der Waals surface area contributed by atoms with Crippen LogP contribution in [-0.2, 0) is 11.2 Å². The molecule has 0 amide bonds. The summed E-state index contributed by atoms with van der Waals surface area (Å²) in [6.07, 6.45) is 6.90. The van der Waals surface area contributed by atoms with Crippen LogP contribution in [0.5, 0.6) is 0 Å². The van der Waals surface area contributed by atoms with E-state index in [0.29, 0.717) is 12.0 Å². The lowest BCUT2D eigenvalue weighted by Gasteiger charge is -2.36. The fourth-order valence-electron chi connectivity index (χ4n) is 3.45. The summed E-state index contributed by atoms with van der Waals surface area (Å²) in [5.74, 6) is 0.483. The van der Waals surface area contributed by atoms with E-state index in [1.165, 1.54) is 30.5 Å². The number of nitrogens with one attached hydrogen (secondary N) is 1. The van der Waals surface area contributed by atoms with Crippen molar-refractivity contribution in [2.75, 3.05) is 13.2 Å². The minimum Gasteiger partial charge on any atom is -0.377 e. The summed E-state index contributed by atoms with van der Waals surface area (Å²) in [6, 6.07) is 4.67. The molecule has 0 fully saturated rings. The molecule has 112 valence electrons. The Morgan fingerprint density at radius 2 is 2.25 bits per heavy atom. The monoisotopic (exact) mass is 276 g/mol. The van der Waals surface area contributed by atoms with Crippen LogP contribution in [0, 0.1) is 0 Å². The Kier molecular flexibility index (Phi) is 5.99. The van der Waals surface area contributed by atoms with Crippen LogP contribution in [0.4, 0.5) is 0 Å². The summed E-state index contributed by atoms with van der Waals surface area (Å²) in [5, 5.41) is 3.66. The number of aryl methyl sites for hydroxylation is 1. The molecule has 0 bridgehead atoms. The summed E-state index contributed by atoms with van der Waals surface area (Å²) in [5.41, 5.74) is 2.72. The van der Waals surface area contributed by atoms with Gasteiger partial charge in [0.2, 0.25) is 0 Å². The summed E-state index contributed by atoms with van der Waals surface area (Å²) in [6.45, 7) is 8.23. The van der Waals surface area contributed by atoms with E-state index in [9.17, 15) is 0 Å². The molecule has 1 aliphatic rings. The number of nitrogens with zero attached hydrogens (tertiary/aromatic N) is 1. The van der Waals surface area contributed by atoms with Gasteiger partial charge in [-0.05, 0) is 50.8 Å². The molecule has 1 heterocycles. The molecular formula is C17H28N2O. The topological polar surface area (TPSA) is 34.1 Å². The highest BCUT2D eigenvalue weighted by atomic mass is 16.5. The van der Waals surface area contributed by atoms with Gasteiger partial charge in [-0.25, -0.2) is 0 Å². The third-order valence-corrected chi connectivity index (χ3v) is 4.30. The third-order valence-electron chi connectivity index (χ3n) is 4.30. The van der Waals surface area contributed by atoms with E-state index in [-0.39, 0.29) is 6.10 Å². The number of pyridine rings is 1. The van der Waals surface area contributed by atoms with Gasteiger partial charge in [0.15, 0.2) is 0 Å². The minimum absolute atomic E-state index is 0.276. The van der Waals surface area contributed by atoms with Crippen molar-refractivity contribution in [1.82, 2.24) is 10.3 Å². The second-order valence-electron chi connectivity index (χ2n) is 5.53. The van der Waals surface area contributed by atoms with Crippen LogP contribution in [-0.4, -0.2) is 30.3 Å². The zero-order chi connectivity index (χ0) is 14.4. The van der Waals surface area contributed by atoms with Crippen LogP contribution in [0.3, 0.4) is 0 Å². The number of rotatable bonds is 7. The maximum atomic E-state index is 5.98. The fourth-order valence-corrected chi connectivity index (χ4v) is 3.45. The van der Waals surface area contributed by atoms with Crippen molar-refractivity contribution in [2.45, 2.75) is 64.5 Å². The van der Waals surface area contributed by atoms with Gasteiger partial charge in [-0.15, -0.1) is 0 Å². The van der Waals surface area contributed by atoms with Crippen molar-refractivity contribution in [3.8, 4) is 0 Å². The molecule has 0 spiro atoms. The molecule has 0 aliphatic heterocycles. The lowest BCUT2D eigenvalue weighted by atomic mass is 9.79. The lowest BCUT2D eigenvalue weighted by Crippen LogP contribution is -2.46. The zero-order valence-electron chi connectivity index (χ0n) is 13.1. The average Bonchev–Trinajstić information content (AvgIpc) is 2.50. The summed E-state index contributed by atoms with van der Waals surface area (Å²) in [4.78, 5) is 4.69. The summed E-state index contributed by atoms with van der Waals surface area (Å²) >= 11 is 0. The molecule has 3 heteroatoms. The molecule has 0 saturated heterocycles. The first kappa shape index (κ1) is 15.5. The van der Waals surface area contributed by atoms with Gasteiger partial charge in [-0.3, -0.25) is 4.98 Å². The number of fused-ring (bicyclic) bond motifs is 1. The van der Waals surface area contributed by atoms with Crippen LogP contribution in [0.25, 0.3) is 0 Å². The normalized spacial score (nSPS) is 21.2. The molecule has 1 aromatic heterocycles. The van der Waals surface area contributed by atoms with Gasteiger partial charge in [0.25, 0.3) is 0 Å². The van der Waals surface area contributed by atoms with Crippen molar-refractivity contribution in [1.29, 1.82) is 0 Å². The van der Waals surface area contributed by atoms with Crippen LogP contribution >= 0.6 is 0 Å². The number of aromatic nitrogens is 1. The fraction of sp³-hybridized carbons (Fsp3) is 0.706. The van der Waals surface area contributed by atoms with E-state index in [2.05, 4.69) is 43.2 Å². The van der Waals surface area contributed by atoms with Crippen LogP contribution in [0.1, 0.15) is 57.2 Å². The molecule has 3 nitrogen and oxygen atoms in total. The van der Waals surface area contributed by atoms with Gasteiger partial charge in [0.05, 0.1) is 6.10 Å². The second-order valence-corrected chi connectivity index (χ2v) is 5.53. The van der Waals surface area contributed by atoms with E-state index in [1.807, 2.05) is 6.20 Å². The Labute approximate surface area is 123 Å². The quantitative estimate of drug-likeness (QED) is 0.829. The maximum Gasteiger partial charge on any atom is 0.0731 e. The third kappa shape index (κ3) is 3.39. The molecule has 1 aliphatic carbocycles. The molecule has 3 atom stereocenters. The number of hydrogen-bond donors (Lipinski definition) is 1. The van der Waals surface area contributed by atoms with Crippen LogP contribution in [0.2, 0.25) is 0 Å². The van der Waals surface area contributed by atoms with Gasteiger partial charge >= 0.3 is 0 Å². The Bertz CT molecular complexity index is 408. The van der Waals surface area contributed by atoms with Gasteiger partial charge in [0, 0.05) is 30.5 Å². The predicted octanol–water partition coefficient (Wildman–Crippen LogP) is 3.29.